The van der Waals surface area contributed by atoms with Gasteiger partial charge < -0.3 is 15.2 Å². The number of methoxy groups -OCH3 is 1. The molecule has 2 unspecified atom stereocenters. The molecule has 0 heterocycles. The molecule has 108 valence electrons. The molecule has 0 bridgehead atoms. The van der Waals surface area contributed by atoms with E-state index in [-0.39, 0.29) is 0 Å². The molecular weight excluding hydrogens is 238 g/mol. The second-order valence-electron chi connectivity index (χ2n) is 5.06. The van der Waals surface area contributed by atoms with E-state index in [1.807, 2.05) is 25.1 Å². The average molecular weight is 265 g/mol. The minimum atomic E-state index is -0.527. The van der Waals surface area contributed by atoms with E-state index < -0.39 is 6.10 Å². The lowest BCUT2D eigenvalue weighted by molar-refractivity contribution is 0.164. The van der Waals surface area contributed by atoms with Gasteiger partial charge in [-0.15, -0.1) is 0 Å². The normalized spacial score (nSPS) is 14.2. The standard InChI is InChI=1S/C16H27NO2/c1-5-7-13(6-2)17-11-15(18)14-10-12(3)8-9-16(14)19-4/h8-10,13,15,17-18H,5-7,11H2,1-4H3. The average Bonchev–Trinajstić information content (AvgIpc) is 2.43. The van der Waals surface area contributed by atoms with Crippen molar-refractivity contribution in [3.8, 4) is 5.75 Å². The van der Waals surface area contributed by atoms with Crippen molar-refractivity contribution in [2.45, 2.75) is 52.2 Å². The Morgan fingerprint density at radius 1 is 1.32 bits per heavy atom. The van der Waals surface area contributed by atoms with Gasteiger partial charge in [0.2, 0.25) is 0 Å². The van der Waals surface area contributed by atoms with Gasteiger partial charge in [0, 0.05) is 18.2 Å². The lowest BCUT2D eigenvalue weighted by atomic mass is 10.0. The van der Waals surface area contributed by atoms with E-state index in [2.05, 4.69) is 19.2 Å². The Morgan fingerprint density at radius 3 is 2.63 bits per heavy atom. The zero-order valence-corrected chi connectivity index (χ0v) is 12.6. The lowest BCUT2D eigenvalue weighted by Gasteiger charge is -2.20. The van der Waals surface area contributed by atoms with Crippen LogP contribution in [-0.2, 0) is 0 Å². The summed E-state index contributed by atoms with van der Waals surface area (Å²) in [6.45, 7) is 6.95. The number of benzene rings is 1. The van der Waals surface area contributed by atoms with E-state index in [9.17, 15) is 5.11 Å². The van der Waals surface area contributed by atoms with Gasteiger partial charge in [-0.05, 0) is 31.9 Å². The van der Waals surface area contributed by atoms with Crippen LogP contribution in [0.1, 0.15) is 50.3 Å². The van der Waals surface area contributed by atoms with Gasteiger partial charge in [0.25, 0.3) is 0 Å². The van der Waals surface area contributed by atoms with E-state index >= 15 is 0 Å². The summed E-state index contributed by atoms with van der Waals surface area (Å²) in [6.07, 6.45) is 2.87. The number of nitrogens with one attached hydrogen (secondary N) is 1. The smallest absolute Gasteiger partial charge is 0.124 e. The number of aryl methyl sites for hydroxylation is 1. The molecule has 19 heavy (non-hydrogen) atoms. The summed E-state index contributed by atoms with van der Waals surface area (Å²) in [6, 6.07) is 6.38. The van der Waals surface area contributed by atoms with Crippen LogP contribution in [0, 0.1) is 6.92 Å². The topological polar surface area (TPSA) is 41.5 Å². The van der Waals surface area contributed by atoms with Crippen molar-refractivity contribution >= 4 is 0 Å². The van der Waals surface area contributed by atoms with Gasteiger partial charge >= 0.3 is 0 Å². The van der Waals surface area contributed by atoms with Crippen LogP contribution < -0.4 is 10.1 Å². The molecular formula is C16H27NO2. The predicted octanol–water partition coefficient (Wildman–Crippen LogP) is 3.21. The molecule has 0 aliphatic heterocycles. The molecule has 0 amide bonds. The van der Waals surface area contributed by atoms with Gasteiger partial charge in [-0.3, -0.25) is 0 Å². The third-order valence-corrected chi connectivity index (χ3v) is 3.47. The first-order chi connectivity index (χ1) is 9.12. The minimum Gasteiger partial charge on any atom is -0.496 e. The maximum atomic E-state index is 10.3. The van der Waals surface area contributed by atoms with Crippen LogP contribution in [0.25, 0.3) is 0 Å². The van der Waals surface area contributed by atoms with Crippen LogP contribution >= 0.6 is 0 Å². The quantitative estimate of drug-likeness (QED) is 0.758. The molecule has 3 nitrogen and oxygen atoms in total. The molecule has 0 saturated carbocycles. The molecule has 0 fully saturated rings. The van der Waals surface area contributed by atoms with Gasteiger partial charge in [-0.1, -0.05) is 31.9 Å². The van der Waals surface area contributed by atoms with Crippen molar-refractivity contribution < 1.29 is 9.84 Å². The summed E-state index contributed by atoms with van der Waals surface area (Å²) in [7, 11) is 1.64. The van der Waals surface area contributed by atoms with Gasteiger partial charge in [-0.25, -0.2) is 0 Å². The Kier molecular flexibility index (Phi) is 6.89. The second kappa shape index (κ2) is 8.18. The van der Waals surface area contributed by atoms with Crippen molar-refractivity contribution in [2.24, 2.45) is 0 Å². The highest BCUT2D eigenvalue weighted by Crippen LogP contribution is 2.26. The summed E-state index contributed by atoms with van der Waals surface area (Å²) in [5, 5.41) is 13.8. The molecule has 2 atom stereocenters. The van der Waals surface area contributed by atoms with Crippen LogP contribution in [0.3, 0.4) is 0 Å². The molecule has 0 radical (unpaired) electrons. The van der Waals surface area contributed by atoms with Crippen LogP contribution in [0.4, 0.5) is 0 Å². The van der Waals surface area contributed by atoms with Gasteiger partial charge in [0.1, 0.15) is 5.75 Å². The maximum Gasteiger partial charge on any atom is 0.124 e. The van der Waals surface area contributed by atoms with Gasteiger partial charge in [0.15, 0.2) is 0 Å². The molecule has 0 aromatic heterocycles. The van der Waals surface area contributed by atoms with E-state index in [1.54, 1.807) is 7.11 Å². The molecule has 0 saturated heterocycles. The molecule has 2 N–H and O–H groups in total. The maximum absolute atomic E-state index is 10.3. The second-order valence-corrected chi connectivity index (χ2v) is 5.06. The van der Waals surface area contributed by atoms with Crippen LogP contribution in [0.2, 0.25) is 0 Å². The first-order valence-electron chi connectivity index (χ1n) is 7.18. The fourth-order valence-corrected chi connectivity index (χ4v) is 2.30. The molecule has 0 aliphatic carbocycles. The monoisotopic (exact) mass is 265 g/mol. The van der Waals surface area contributed by atoms with Crippen molar-refractivity contribution in [3.05, 3.63) is 29.3 Å². The summed E-state index contributed by atoms with van der Waals surface area (Å²) < 4.78 is 5.31. The number of hydrogen-bond acceptors (Lipinski definition) is 3. The molecule has 0 spiro atoms. The summed E-state index contributed by atoms with van der Waals surface area (Å²) in [4.78, 5) is 0. The molecule has 1 aromatic rings. The van der Waals surface area contributed by atoms with Crippen LogP contribution in [0.15, 0.2) is 18.2 Å². The third kappa shape index (κ3) is 4.84. The SMILES string of the molecule is CCCC(CC)NCC(O)c1cc(C)ccc1OC. The minimum absolute atomic E-state index is 0.482. The third-order valence-electron chi connectivity index (χ3n) is 3.47. The summed E-state index contributed by atoms with van der Waals surface area (Å²) >= 11 is 0. The van der Waals surface area contributed by atoms with Gasteiger partial charge in [-0.2, -0.15) is 0 Å². The number of hydrogen-bond donors (Lipinski definition) is 2. The highest BCUT2D eigenvalue weighted by molar-refractivity contribution is 5.38. The van der Waals surface area contributed by atoms with E-state index in [0.29, 0.717) is 12.6 Å². The largest absolute Gasteiger partial charge is 0.496 e. The van der Waals surface area contributed by atoms with Crippen molar-refractivity contribution in [2.75, 3.05) is 13.7 Å². The van der Waals surface area contributed by atoms with Gasteiger partial charge in [0.05, 0.1) is 13.2 Å². The molecule has 3 heteroatoms. The van der Waals surface area contributed by atoms with Crippen LogP contribution in [0.5, 0.6) is 5.75 Å². The summed E-state index contributed by atoms with van der Waals surface area (Å²) in [5.41, 5.74) is 2.00. The number of rotatable bonds is 8. The van der Waals surface area contributed by atoms with Crippen molar-refractivity contribution in [1.29, 1.82) is 0 Å². The Labute approximate surface area is 117 Å². The summed E-state index contributed by atoms with van der Waals surface area (Å²) in [5.74, 6) is 0.753. The zero-order chi connectivity index (χ0) is 14.3. The van der Waals surface area contributed by atoms with E-state index in [1.165, 1.54) is 0 Å². The zero-order valence-electron chi connectivity index (χ0n) is 12.6. The highest BCUT2D eigenvalue weighted by atomic mass is 16.5. The highest BCUT2D eigenvalue weighted by Gasteiger charge is 2.15. The van der Waals surface area contributed by atoms with Crippen molar-refractivity contribution in [1.82, 2.24) is 5.32 Å². The first kappa shape index (κ1) is 16.0. The fourth-order valence-electron chi connectivity index (χ4n) is 2.30. The Balaban J connectivity index is 2.66. The fraction of sp³-hybridized carbons (Fsp3) is 0.625. The Morgan fingerprint density at radius 2 is 2.05 bits per heavy atom. The van der Waals surface area contributed by atoms with E-state index in [0.717, 1.165) is 36.1 Å². The lowest BCUT2D eigenvalue weighted by Crippen LogP contribution is -2.32. The van der Waals surface area contributed by atoms with E-state index in [4.69, 9.17) is 4.74 Å². The Hall–Kier alpha value is -1.06. The number of aliphatic hydroxyl groups excluding tert-OH is 1. The number of aliphatic hydroxyl groups is 1. The predicted molar refractivity (Wildman–Crippen MR) is 79.7 cm³/mol. The van der Waals surface area contributed by atoms with Crippen LogP contribution in [-0.4, -0.2) is 24.8 Å². The van der Waals surface area contributed by atoms with Crippen molar-refractivity contribution in [3.63, 3.8) is 0 Å². The molecule has 1 rings (SSSR count). The molecule has 1 aromatic carbocycles. The number of ether oxygens (including phenoxy) is 1. The first-order valence-corrected chi connectivity index (χ1v) is 7.18. The molecule has 0 aliphatic rings. The Bertz CT molecular complexity index is 379.